The van der Waals surface area contributed by atoms with Crippen LogP contribution in [-0.4, -0.2) is 25.7 Å². The first kappa shape index (κ1) is 13.6. The highest BCUT2D eigenvalue weighted by Gasteiger charge is 2.32. The Bertz CT molecular complexity index is 639. The summed E-state index contributed by atoms with van der Waals surface area (Å²) >= 11 is 5.70. The van der Waals surface area contributed by atoms with Crippen molar-refractivity contribution in [1.29, 1.82) is 0 Å². The number of carbonyl (C=O) groups is 1. The van der Waals surface area contributed by atoms with Crippen LogP contribution in [0.25, 0.3) is 5.65 Å². The summed E-state index contributed by atoms with van der Waals surface area (Å²) in [6.45, 7) is 0. The van der Waals surface area contributed by atoms with Crippen molar-refractivity contribution < 1.29 is 23.1 Å². The summed E-state index contributed by atoms with van der Waals surface area (Å²) in [5.74, 6) is -0.958. The summed E-state index contributed by atoms with van der Waals surface area (Å²) in [5.41, 5.74) is -0.878. The number of hydrogen-bond acceptors (Lipinski definition) is 3. The van der Waals surface area contributed by atoms with Crippen molar-refractivity contribution in [3.05, 3.63) is 28.7 Å². The van der Waals surface area contributed by atoms with E-state index < -0.39 is 17.7 Å². The van der Waals surface area contributed by atoms with Gasteiger partial charge < -0.3 is 5.11 Å². The second-order valence-corrected chi connectivity index (χ2v) is 4.19. The van der Waals surface area contributed by atoms with E-state index in [0.29, 0.717) is 0 Å². The topological polar surface area (TPSA) is 67.5 Å². The van der Waals surface area contributed by atoms with Crippen LogP contribution in [0, 0.1) is 0 Å². The number of fused-ring (bicyclic) bond motifs is 1. The molecular formula is C10H7ClF3N3O2. The van der Waals surface area contributed by atoms with Gasteiger partial charge in [0.2, 0.25) is 0 Å². The van der Waals surface area contributed by atoms with E-state index >= 15 is 0 Å². The van der Waals surface area contributed by atoms with Crippen LogP contribution in [0.3, 0.4) is 0 Å². The Kier molecular flexibility index (Phi) is 3.36. The quantitative estimate of drug-likeness (QED) is 0.943. The van der Waals surface area contributed by atoms with Gasteiger partial charge in [-0.1, -0.05) is 11.6 Å². The predicted molar refractivity (Wildman–Crippen MR) is 59.0 cm³/mol. The lowest BCUT2D eigenvalue weighted by Gasteiger charge is -2.08. The van der Waals surface area contributed by atoms with Crippen molar-refractivity contribution in [2.75, 3.05) is 0 Å². The number of rotatable bonds is 3. The number of pyridine rings is 1. The van der Waals surface area contributed by atoms with Crippen molar-refractivity contribution >= 4 is 23.2 Å². The van der Waals surface area contributed by atoms with Crippen molar-refractivity contribution in [3.63, 3.8) is 0 Å². The Labute approximate surface area is 109 Å². The molecule has 2 aromatic rings. The predicted octanol–water partition coefficient (Wildman–Crippen LogP) is 2.42. The third-order valence-corrected chi connectivity index (χ3v) is 2.70. The zero-order chi connectivity index (χ0) is 14.2. The first-order valence-corrected chi connectivity index (χ1v) is 5.49. The first-order chi connectivity index (χ1) is 8.79. The van der Waals surface area contributed by atoms with Crippen LogP contribution in [0.15, 0.2) is 12.3 Å². The van der Waals surface area contributed by atoms with Gasteiger partial charge in [-0.3, -0.25) is 9.20 Å². The third kappa shape index (κ3) is 2.78. The van der Waals surface area contributed by atoms with Crippen LogP contribution in [0.4, 0.5) is 13.2 Å². The molecule has 0 amide bonds. The largest absolute Gasteiger partial charge is 0.481 e. The van der Waals surface area contributed by atoms with Gasteiger partial charge >= 0.3 is 12.1 Å². The van der Waals surface area contributed by atoms with E-state index in [1.807, 2.05) is 0 Å². The summed E-state index contributed by atoms with van der Waals surface area (Å²) in [7, 11) is 0. The van der Waals surface area contributed by atoms with Gasteiger partial charge in [0.15, 0.2) is 5.65 Å². The van der Waals surface area contributed by atoms with E-state index in [-0.39, 0.29) is 29.3 Å². The van der Waals surface area contributed by atoms with E-state index in [0.717, 1.165) is 16.7 Å². The summed E-state index contributed by atoms with van der Waals surface area (Å²) in [4.78, 5) is 10.5. The zero-order valence-corrected chi connectivity index (χ0v) is 10.0. The molecule has 0 bridgehead atoms. The Morgan fingerprint density at radius 2 is 2.11 bits per heavy atom. The van der Waals surface area contributed by atoms with E-state index in [1.54, 1.807) is 0 Å². The fourth-order valence-corrected chi connectivity index (χ4v) is 1.79. The molecular weight excluding hydrogens is 287 g/mol. The van der Waals surface area contributed by atoms with Gasteiger partial charge in [0, 0.05) is 12.6 Å². The first-order valence-electron chi connectivity index (χ1n) is 5.11. The third-order valence-electron chi connectivity index (χ3n) is 2.42. The van der Waals surface area contributed by atoms with Gasteiger partial charge in [-0.05, 0) is 6.07 Å². The summed E-state index contributed by atoms with van der Waals surface area (Å²) < 4.78 is 39.0. The lowest BCUT2D eigenvalue weighted by atomic mass is 10.2. The number of halogens is 4. The summed E-state index contributed by atoms with van der Waals surface area (Å²) in [5, 5.41) is 15.7. The standard InChI is InChI=1S/C10H7ClF3N3O2/c11-6-3-5(10(12,13)14)4-17-7(1-2-8(18)19)15-16-9(6)17/h3-4H,1-2H2,(H,18,19). The second kappa shape index (κ2) is 4.69. The van der Waals surface area contributed by atoms with Gasteiger partial charge in [-0.2, -0.15) is 13.2 Å². The van der Waals surface area contributed by atoms with Crippen LogP contribution in [0.5, 0.6) is 0 Å². The molecule has 0 atom stereocenters. The molecule has 0 aliphatic heterocycles. The Morgan fingerprint density at radius 1 is 1.42 bits per heavy atom. The molecule has 5 nitrogen and oxygen atoms in total. The van der Waals surface area contributed by atoms with Gasteiger partial charge in [-0.15, -0.1) is 10.2 Å². The molecule has 0 aromatic carbocycles. The molecule has 0 spiro atoms. The highest BCUT2D eigenvalue weighted by Crippen LogP contribution is 2.32. The molecule has 0 fully saturated rings. The lowest BCUT2D eigenvalue weighted by Crippen LogP contribution is -2.08. The van der Waals surface area contributed by atoms with Crippen LogP contribution in [-0.2, 0) is 17.4 Å². The number of aryl methyl sites for hydroxylation is 1. The Morgan fingerprint density at radius 3 is 2.68 bits per heavy atom. The zero-order valence-electron chi connectivity index (χ0n) is 9.28. The SMILES string of the molecule is O=C(O)CCc1nnc2c(Cl)cc(C(F)(F)F)cn12. The monoisotopic (exact) mass is 293 g/mol. The molecule has 0 radical (unpaired) electrons. The molecule has 102 valence electrons. The molecule has 0 aliphatic carbocycles. The van der Waals surface area contributed by atoms with Crippen molar-refractivity contribution in [2.24, 2.45) is 0 Å². The molecule has 2 heterocycles. The van der Waals surface area contributed by atoms with E-state index in [2.05, 4.69) is 10.2 Å². The highest BCUT2D eigenvalue weighted by atomic mass is 35.5. The fourth-order valence-electron chi connectivity index (χ4n) is 1.54. The number of aromatic nitrogens is 3. The van der Waals surface area contributed by atoms with Crippen molar-refractivity contribution in [2.45, 2.75) is 19.0 Å². The number of aliphatic carboxylic acids is 1. The molecule has 0 aliphatic rings. The minimum Gasteiger partial charge on any atom is -0.481 e. The molecule has 19 heavy (non-hydrogen) atoms. The minimum atomic E-state index is -4.55. The van der Waals surface area contributed by atoms with E-state index in [9.17, 15) is 18.0 Å². The fraction of sp³-hybridized carbons (Fsp3) is 0.300. The van der Waals surface area contributed by atoms with Gasteiger partial charge in [0.05, 0.1) is 17.0 Å². The highest BCUT2D eigenvalue weighted by molar-refractivity contribution is 6.33. The molecule has 0 saturated carbocycles. The molecule has 2 rings (SSSR count). The Hall–Kier alpha value is -1.83. The van der Waals surface area contributed by atoms with Crippen LogP contribution >= 0.6 is 11.6 Å². The molecule has 1 N–H and O–H groups in total. The van der Waals surface area contributed by atoms with Gasteiger partial charge in [0.1, 0.15) is 5.82 Å². The smallest absolute Gasteiger partial charge is 0.417 e. The maximum absolute atomic E-state index is 12.6. The molecule has 0 unspecified atom stereocenters. The summed E-state index contributed by atoms with van der Waals surface area (Å²) in [6.07, 6.45) is -4.03. The molecule has 2 aromatic heterocycles. The average molecular weight is 294 g/mol. The second-order valence-electron chi connectivity index (χ2n) is 3.78. The number of carboxylic acid groups (broad SMARTS) is 1. The van der Waals surface area contributed by atoms with Crippen molar-refractivity contribution in [3.8, 4) is 0 Å². The van der Waals surface area contributed by atoms with E-state index in [4.69, 9.17) is 16.7 Å². The normalized spacial score (nSPS) is 12.0. The Balaban J connectivity index is 2.50. The number of nitrogens with zero attached hydrogens (tertiary/aromatic N) is 3. The summed E-state index contributed by atoms with van der Waals surface area (Å²) in [6, 6.07) is 0.756. The van der Waals surface area contributed by atoms with Crippen LogP contribution < -0.4 is 0 Å². The minimum absolute atomic E-state index is 0.0336. The van der Waals surface area contributed by atoms with Crippen LogP contribution in [0.1, 0.15) is 17.8 Å². The van der Waals surface area contributed by atoms with Gasteiger partial charge in [-0.25, -0.2) is 0 Å². The van der Waals surface area contributed by atoms with Crippen LogP contribution in [0.2, 0.25) is 5.02 Å². The maximum atomic E-state index is 12.6. The van der Waals surface area contributed by atoms with Gasteiger partial charge in [0.25, 0.3) is 0 Å². The molecule has 0 saturated heterocycles. The molecule has 9 heteroatoms. The van der Waals surface area contributed by atoms with Crippen molar-refractivity contribution in [1.82, 2.24) is 14.6 Å². The number of carboxylic acids is 1. The van der Waals surface area contributed by atoms with E-state index in [1.165, 1.54) is 0 Å². The number of hydrogen-bond donors (Lipinski definition) is 1. The number of alkyl halides is 3. The maximum Gasteiger partial charge on any atom is 0.417 e. The average Bonchev–Trinajstić information content (AvgIpc) is 2.68. The lowest BCUT2D eigenvalue weighted by molar-refractivity contribution is -0.138.